The van der Waals surface area contributed by atoms with E-state index in [1.807, 2.05) is 0 Å². The van der Waals surface area contributed by atoms with Crippen LogP contribution in [0.3, 0.4) is 0 Å². The molecule has 0 heterocycles. The van der Waals surface area contributed by atoms with E-state index in [1.54, 1.807) is 18.2 Å². The monoisotopic (exact) mass is 206 g/mol. The molecule has 0 N–H and O–H groups in total. The number of rotatable bonds is 5. The average Bonchev–Trinajstić information content (AvgIpc) is 2.25. The third-order valence-corrected chi connectivity index (χ3v) is 1.96. The van der Waals surface area contributed by atoms with Crippen LogP contribution in [0.15, 0.2) is 29.4 Å². The highest BCUT2D eigenvalue weighted by molar-refractivity contribution is 5.39. The van der Waals surface area contributed by atoms with Crippen molar-refractivity contribution in [1.82, 2.24) is 0 Å². The van der Waals surface area contributed by atoms with Gasteiger partial charge >= 0.3 is 0 Å². The second-order valence-corrected chi connectivity index (χ2v) is 2.94. The average molecular weight is 206 g/mol. The SMILES string of the molecule is [N-]=[N+]=NCCCc1ccccc1[N+](=O)[O-]. The van der Waals surface area contributed by atoms with Crippen molar-refractivity contribution in [2.24, 2.45) is 5.11 Å². The van der Waals surface area contributed by atoms with E-state index in [2.05, 4.69) is 10.0 Å². The molecule has 0 atom stereocenters. The number of nitrogens with zero attached hydrogens (tertiary/aromatic N) is 4. The van der Waals surface area contributed by atoms with Gasteiger partial charge in [0, 0.05) is 23.1 Å². The molecule has 0 amide bonds. The molecule has 0 aliphatic heterocycles. The first-order chi connectivity index (χ1) is 7.25. The van der Waals surface area contributed by atoms with Gasteiger partial charge in [0.1, 0.15) is 0 Å². The lowest BCUT2D eigenvalue weighted by Gasteiger charge is -2.00. The zero-order valence-corrected chi connectivity index (χ0v) is 8.04. The molecule has 0 unspecified atom stereocenters. The molecule has 1 rings (SSSR count). The fourth-order valence-electron chi connectivity index (χ4n) is 1.29. The molecule has 6 heteroatoms. The minimum atomic E-state index is -0.400. The van der Waals surface area contributed by atoms with Crippen LogP contribution in [0.25, 0.3) is 10.4 Å². The summed E-state index contributed by atoms with van der Waals surface area (Å²) in [7, 11) is 0. The van der Waals surface area contributed by atoms with Gasteiger partial charge in [0.25, 0.3) is 5.69 Å². The van der Waals surface area contributed by atoms with Gasteiger partial charge in [0.05, 0.1) is 4.92 Å². The Hall–Kier alpha value is -2.07. The topological polar surface area (TPSA) is 91.9 Å². The first-order valence-corrected chi connectivity index (χ1v) is 4.49. The van der Waals surface area contributed by atoms with Gasteiger partial charge in [-0.05, 0) is 18.4 Å². The van der Waals surface area contributed by atoms with Crippen molar-refractivity contribution in [2.75, 3.05) is 6.54 Å². The lowest BCUT2D eigenvalue weighted by atomic mass is 10.1. The number of hydrogen-bond donors (Lipinski definition) is 0. The first-order valence-electron chi connectivity index (χ1n) is 4.49. The van der Waals surface area contributed by atoms with E-state index in [0.717, 1.165) is 0 Å². The smallest absolute Gasteiger partial charge is 0.258 e. The molecule has 0 radical (unpaired) electrons. The van der Waals surface area contributed by atoms with Crippen LogP contribution in [0.1, 0.15) is 12.0 Å². The third-order valence-electron chi connectivity index (χ3n) is 1.96. The number of nitro groups is 1. The molecule has 0 saturated heterocycles. The van der Waals surface area contributed by atoms with Crippen LogP contribution in [0, 0.1) is 10.1 Å². The van der Waals surface area contributed by atoms with Crippen LogP contribution in [0.4, 0.5) is 5.69 Å². The maximum atomic E-state index is 10.6. The fourth-order valence-corrected chi connectivity index (χ4v) is 1.29. The summed E-state index contributed by atoms with van der Waals surface area (Å²) in [4.78, 5) is 12.8. The summed E-state index contributed by atoms with van der Waals surface area (Å²) in [6, 6.07) is 6.59. The van der Waals surface area contributed by atoms with Gasteiger partial charge in [-0.2, -0.15) is 0 Å². The number of azide groups is 1. The van der Waals surface area contributed by atoms with Gasteiger partial charge in [-0.1, -0.05) is 23.3 Å². The quantitative estimate of drug-likeness (QED) is 0.185. The van der Waals surface area contributed by atoms with Crippen molar-refractivity contribution in [1.29, 1.82) is 0 Å². The molecule has 0 aliphatic carbocycles. The van der Waals surface area contributed by atoms with E-state index in [4.69, 9.17) is 5.53 Å². The minimum Gasteiger partial charge on any atom is -0.258 e. The second kappa shape index (κ2) is 5.62. The molecule has 0 saturated carbocycles. The van der Waals surface area contributed by atoms with E-state index in [-0.39, 0.29) is 5.69 Å². The Morgan fingerprint density at radius 2 is 2.20 bits per heavy atom. The van der Waals surface area contributed by atoms with Gasteiger partial charge in [0.2, 0.25) is 0 Å². The molecule has 6 nitrogen and oxygen atoms in total. The van der Waals surface area contributed by atoms with Gasteiger partial charge in [0.15, 0.2) is 0 Å². The third kappa shape index (κ3) is 3.28. The molecule has 1 aromatic rings. The highest BCUT2D eigenvalue weighted by Gasteiger charge is 2.10. The number of nitro benzene ring substituents is 1. The highest BCUT2D eigenvalue weighted by Crippen LogP contribution is 2.18. The maximum Gasteiger partial charge on any atom is 0.272 e. The molecule has 0 spiro atoms. The standard InChI is InChI=1S/C9H10N4O2/c10-12-11-7-3-5-8-4-1-2-6-9(8)13(14)15/h1-2,4,6H,3,5,7H2. The molecule has 1 aromatic carbocycles. The molecule has 0 fully saturated rings. The van der Waals surface area contributed by atoms with E-state index in [0.29, 0.717) is 24.9 Å². The Balaban J connectivity index is 2.67. The van der Waals surface area contributed by atoms with Crippen molar-refractivity contribution >= 4 is 5.69 Å². The largest absolute Gasteiger partial charge is 0.272 e. The molecule has 0 aromatic heterocycles. The Morgan fingerprint density at radius 3 is 2.87 bits per heavy atom. The zero-order chi connectivity index (χ0) is 11.1. The first kappa shape index (κ1) is 11.0. The Bertz CT molecular complexity index is 399. The number of aryl methyl sites for hydroxylation is 1. The Labute approximate surface area is 86.3 Å². The van der Waals surface area contributed by atoms with E-state index < -0.39 is 4.92 Å². The van der Waals surface area contributed by atoms with E-state index >= 15 is 0 Å². The lowest BCUT2D eigenvalue weighted by molar-refractivity contribution is -0.385. The van der Waals surface area contributed by atoms with Crippen molar-refractivity contribution in [2.45, 2.75) is 12.8 Å². The van der Waals surface area contributed by atoms with Crippen molar-refractivity contribution in [3.05, 3.63) is 50.4 Å². The maximum absolute atomic E-state index is 10.6. The van der Waals surface area contributed by atoms with Crippen molar-refractivity contribution < 1.29 is 4.92 Å². The Kier molecular flexibility index (Phi) is 4.12. The summed E-state index contributed by atoms with van der Waals surface area (Å²) in [6.45, 7) is 0.364. The number of para-hydroxylation sites is 1. The highest BCUT2D eigenvalue weighted by atomic mass is 16.6. The lowest BCUT2D eigenvalue weighted by Crippen LogP contribution is -1.96. The van der Waals surface area contributed by atoms with Gasteiger partial charge in [-0.25, -0.2) is 0 Å². The fraction of sp³-hybridized carbons (Fsp3) is 0.333. The summed E-state index contributed by atoms with van der Waals surface area (Å²) in [5.74, 6) is 0. The zero-order valence-electron chi connectivity index (χ0n) is 8.04. The minimum absolute atomic E-state index is 0.124. The predicted molar refractivity (Wildman–Crippen MR) is 55.4 cm³/mol. The molecule has 78 valence electrons. The van der Waals surface area contributed by atoms with Crippen LogP contribution in [0.2, 0.25) is 0 Å². The van der Waals surface area contributed by atoms with Crippen molar-refractivity contribution in [3.63, 3.8) is 0 Å². The summed E-state index contributed by atoms with van der Waals surface area (Å²) in [6.07, 6.45) is 1.17. The summed E-state index contributed by atoms with van der Waals surface area (Å²) >= 11 is 0. The van der Waals surface area contributed by atoms with Crippen LogP contribution >= 0.6 is 0 Å². The summed E-state index contributed by atoms with van der Waals surface area (Å²) in [5.41, 5.74) is 8.86. The van der Waals surface area contributed by atoms with E-state index in [9.17, 15) is 10.1 Å². The molecule has 15 heavy (non-hydrogen) atoms. The second-order valence-electron chi connectivity index (χ2n) is 2.94. The predicted octanol–water partition coefficient (Wildman–Crippen LogP) is 2.84. The number of hydrogen-bond acceptors (Lipinski definition) is 3. The van der Waals surface area contributed by atoms with Crippen LogP contribution in [-0.2, 0) is 6.42 Å². The molecule has 0 bridgehead atoms. The summed E-state index contributed by atoms with van der Waals surface area (Å²) in [5, 5.41) is 14.0. The van der Waals surface area contributed by atoms with Crippen LogP contribution in [-0.4, -0.2) is 11.5 Å². The van der Waals surface area contributed by atoms with Crippen LogP contribution in [0.5, 0.6) is 0 Å². The van der Waals surface area contributed by atoms with E-state index in [1.165, 1.54) is 6.07 Å². The van der Waals surface area contributed by atoms with Gasteiger partial charge in [-0.15, -0.1) is 0 Å². The number of benzene rings is 1. The van der Waals surface area contributed by atoms with Gasteiger partial charge in [-0.3, -0.25) is 10.1 Å². The van der Waals surface area contributed by atoms with Gasteiger partial charge < -0.3 is 0 Å². The molecular weight excluding hydrogens is 196 g/mol. The molecule has 0 aliphatic rings. The van der Waals surface area contributed by atoms with Crippen molar-refractivity contribution in [3.8, 4) is 0 Å². The van der Waals surface area contributed by atoms with Crippen LogP contribution < -0.4 is 0 Å². The summed E-state index contributed by atoms with van der Waals surface area (Å²) < 4.78 is 0. The normalized spacial score (nSPS) is 9.33. The Morgan fingerprint density at radius 1 is 1.47 bits per heavy atom. The molecular formula is C9H10N4O2.